The fourth-order valence-electron chi connectivity index (χ4n) is 4.86. The van der Waals surface area contributed by atoms with Crippen molar-refractivity contribution in [3.05, 3.63) is 85.1 Å². The highest BCUT2D eigenvalue weighted by Crippen LogP contribution is 2.33. The van der Waals surface area contributed by atoms with Gasteiger partial charge in [-0.25, -0.2) is 4.98 Å². The number of benzene rings is 3. The minimum atomic E-state index is 0.463. The molecule has 5 heterocycles. The zero-order valence-corrected chi connectivity index (χ0v) is 23.5. The Hall–Kier alpha value is -4.08. The number of ether oxygens (including phenoxy) is 6. The van der Waals surface area contributed by atoms with Crippen LogP contribution in [0.4, 0.5) is 0 Å². The molecule has 0 amide bonds. The van der Waals surface area contributed by atoms with E-state index in [0.29, 0.717) is 66.1 Å². The van der Waals surface area contributed by atoms with Crippen LogP contribution in [0, 0.1) is 0 Å². The molecule has 0 fully saturated rings. The molecule has 42 heavy (non-hydrogen) atoms. The maximum atomic E-state index is 5.87. The van der Waals surface area contributed by atoms with E-state index < -0.39 is 0 Å². The van der Waals surface area contributed by atoms with Crippen LogP contribution in [0.5, 0.6) is 11.5 Å². The van der Waals surface area contributed by atoms with Crippen LogP contribution < -0.4 is 9.47 Å². The van der Waals surface area contributed by atoms with Crippen LogP contribution >= 0.6 is 0 Å². The average Bonchev–Trinajstić information content (AvgIpc) is 3.04. The molecule has 9 bridgehead atoms. The molecule has 0 spiro atoms. The Morgan fingerprint density at radius 1 is 0.452 bits per heavy atom. The second-order valence-corrected chi connectivity index (χ2v) is 9.78. The van der Waals surface area contributed by atoms with Crippen molar-refractivity contribution in [2.75, 3.05) is 66.1 Å². The first kappa shape index (κ1) is 28.1. The van der Waals surface area contributed by atoms with Crippen LogP contribution in [0.1, 0.15) is 0 Å². The highest BCUT2D eigenvalue weighted by molar-refractivity contribution is 6.08. The summed E-state index contributed by atoms with van der Waals surface area (Å²) in [5.74, 6) is 1.58. The molecule has 0 atom stereocenters. The molecule has 8 nitrogen and oxygen atoms in total. The Bertz CT molecular complexity index is 1590. The third-order valence-electron chi connectivity index (χ3n) is 6.99. The normalized spacial score (nSPS) is 16.1. The van der Waals surface area contributed by atoms with Crippen LogP contribution in [-0.2, 0) is 18.9 Å². The molecular weight excluding hydrogens is 532 g/mol. The fourth-order valence-corrected chi connectivity index (χ4v) is 4.86. The SMILES string of the molecule is c1cc2c3ccc4ccc(nc4c3n1)-c1ccc(cc1)OCCOCCOCCOCCOCCOc1ccc-2cc1. The lowest BCUT2D eigenvalue weighted by Crippen LogP contribution is -2.14. The molecule has 5 aromatic rings. The van der Waals surface area contributed by atoms with E-state index in [1.807, 2.05) is 54.7 Å². The molecule has 8 heteroatoms. The number of pyridine rings is 2. The summed E-state index contributed by atoms with van der Waals surface area (Å²) in [7, 11) is 0. The Morgan fingerprint density at radius 2 is 0.976 bits per heavy atom. The molecule has 2 aromatic heterocycles. The second kappa shape index (κ2) is 14.2. The summed E-state index contributed by atoms with van der Waals surface area (Å²) in [6.07, 6.45) is 1.85. The molecule has 0 radical (unpaired) electrons. The van der Waals surface area contributed by atoms with Gasteiger partial charge in [-0.3, -0.25) is 4.98 Å². The Labute approximate surface area is 245 Å². The summed E-state index contributed by atoms with van der Waals surface area (Å²) in [5, 5.41) is 2.10. The van der Waals surface area contributed by atoms with Crippen molar-refractivity contribution in [2.45, 2.75) is 0 Å². The van der Waals surface area contributed by atoms with Gasteiger partial charge in [0, 0.05) is 22.5 Å². The van der Waals surface area contributed by atoms with E-state index >= 15 is 0 Å². The van der Waals surface area contributed by atoms with Gasteiger partial charge < -0.3 is 28.4 Å². The minimum Gasteiger partial charge on any atom is -0.491 e. The summed E-state index contributed by atoms with van der Waals surface area (Å²) in [6.45, 7) is 4.98. The van der Waals surface area contributed by atoms with Gasteiger partial charge in [-0.2, -0.15) is 0 Å². The van der Waals surface area contributed by atoms with Gasteiger partial charge in [-0.1, -0.05) is 30.3 Å². The highest BCUT2D eigenvalue weighted by atomic mass is 16.6. The topological polar surface area (TPSA) is 81.2 Å². The Morgan fingerprint density at radius 3 is 1.57 bits per heavy atom. The molecule has 3 aliphatic rings. The molecule has 0 saturated carbocycles. The molecule has 0 unspecified atom stereocenters. The number of hydrogen-bond acceptors (Lipinski definition) is 8. The number of rotatable bonds is 0. The smallest absolute Gasteiger partial charge is 0.119 e. The van der Waals surface area contributed by atoms with Gasteiger partial charge in [0.05, 0.1) is 69.6 Å². The summed E-state index contributed by atoms with van der Waals surface area (Å²) in [4.78, 5) is 9.79. The van der Waals surface area contributed by atoms with E-state index in [0.717, 1.165) is 55.7 Å². The number of hydrogen-bond donors (Lipinski definition) is 0. The lowest BCUT2D eigenvalue weighted by Gasteiger charge is -2.12. The third kappa shape index (κ3) is 7.03. The van der Waals surface area contributed by atoms with Crippen LogP contribution in [-0.4, -0.2) is 76.0 Å². The van der Waals surface area contributed by atoms with Gasteiger partial charge in [-0.05, 0) is 59.7 Å². The van der Waals surface area contributed by atoms with Crippen molar-refractivity contribution in [3.63, 3.8) is 0 Å². The van der Waals surface area contributed by atoms with Crippen molar-refractivity contribution in [1.82, 2.24) is 9.97 Å². The van der Waals surface area contributed by atoms with E-state index in [2.05, 4.69) is 30.3 Å². The van der Waals surface area contributed by atoms with E-state index in [4.69, 9.17) is 38.4 Å². The third-order valence-corrected chi connectivity index (χ3v) is 6.99. The fraction of sp³-hybridized carbons (Fsp3) is 0.294. The Kier molecular flexibility index (Phi) is 9.49. The molecule has 0 N–H and O–H groups in total. The van der Waals surface area contributed by atoms with Gasteiger partial charge in [0.25, 0.3) is 0 Å². The first-order valence-corrected chi connectivity index (χ1v) is 14.3. The quantitative estimate of drug-likeness (QED) is 0.213. The first-order chi connectivity index (χ1) is 20.8. The van der Waals surface area contributed by atoms with Crippen LogP contribution in [0.25, 0.3) is 44.2 Å². The molecule has 0 saturated heterocycles. The van der Waals surface area contributed by atoms with Crippen LogP contribution in [0.2, 0.25) is 0 Å². The molecule has 216 valence electrons. The average molecular weight is 567 g/mol. The van der Waals surface area contributed by atoms with Crippen molar-refractivity contribution >= 4 is 21.8 Å². The summed E-state index contributed by atoms with van der Waals surface area (Å²) in [6, 6.07) is 26.5. The largest absolute Gasteiger partial charge is 0.491 e. The summed E-state index contributed by atoms with van der Waals surface area (Å²) in [5.41, 5.74) is 5.82. The number of fused-ring (bicyclic) bond motifs is 2. The van der Waals surface area contributed by atoms with E-state index in [1.54, 1.807) is 0 Å². The number of aromatic nitrogens is 2. The molecular formula is C34H34N2O6. The lowest BCUT2D eigenvalue weighted by molar-refractivity contribution is -0.00698. The predicted molar refractivity (Wildman–Crippen MR) is 162 cm³/mol. The van der Waals surface area contributed by atoms with E-state index in [1.165, 1.54) is 0 Å². The van der Waals surface area contributed by atoms with Gasteiger partial charge in [0.2, 0.25) is 0 Å². The van der Waals surface area contributed by atoms with Gasteiger partial charge in [0.1, 0.15) is 24.7 Å². The van der Waals surface area contributed by atoms with Crippen molar-refractivity contribution < 1.29 is 28.4 Å². The molecule has 3 aromatic carbocycles. The molecule has 8 rings (SSSR count). The van der Waals surface area contributed by atoms with Gasteiger partial charge in [-0.15, -0.1) is 0 Å². The van der Waals surface area contributed by atoms with Gasteiger partial charge in [0.15, 0.2) is 0 Å². The monoisotopic (exact) mass is 566 g/mol. The standard InChI is InChI=1S/C34H34N2O6/c1-7-28-8-2-25(1)30-13-14-35-34-31(30)11-5-27-6-12-32(36-33(27)34)26-3-9-29(10-4-26)42-24-22-40-20-18-38-16-15-37-17-19-39-21-23-41-28/h1-14H,15-24H2. The van der Waals surface area contributed by atoms with Gasteiger partial charge >= 0.3 is 0 Å². The predicted octanol–water partition coefficient (Wildman–Crippen LogP) is 5.95. The van der Waals surface area contributed by atoms with Crippen LogP contribution in [0.15, 0.2) is 85.1 Å². The van der Waals surface area contributed by atoms with Crippen LogP contribution in [0.3, 0.4) is 0 Å². The zero-order valence-electron chi connectivity index (χ0n) is 23.5. The first-order valence-electron chi connectivity index (χ1n) is 14.3. The maximum absolute atomic E-state index is 5.87. The molecule has 3 aliphatic heterocycles. The maximum Gasteiger partial charge on any atom is 0.119 e. The summed E-state index contributed by atoms with van der Waals surface area (Å²) >= 11 is 0. The van der Waals surface area contributed by atoms with E-state index in [-0.39, 0.29) is 0 Å². The lowest BCUT2D eigenvalue weighted by atomic mass is 9.99. The van der Waals surface area contributed by atoms with Crippen molar-refractivity contribution in [1.29, 1.82) is 0 Å². The summed E-state index contributed by atoms with van der Waals surface area (Å²) < 4.78 is 34.0. The van der Waals surface area contributed by atoms with Crippen molar-refractivity contribution in [2.24, 2.45) is 0 Å². The second-order valence-electron chi connectivity index (χ2n) is 9.78. The van der Waals surface area contributed by atoms with E-state index in [9.17, 15) is 0 Å². The Balaban J connectivity index is 1.25. The number of nitrogens with zero attached hydrogens (tertiary/aromatic N) is 2. The minimum absolute atomic E-state index is 0.463. The highest BCUT2D eigenvalue weighted by Gasteiger charge is 2.11. The zero-order chi connectivity index (χ0) is 28.4. The molecule has 0 aliphatic carbocycles. The van der Waals surface area contributed by atoms with Crippen molar-refractivity contribution in [3.8, 4) is 33.9 Å².